The zero-order chi connectivity index (χ0) is 9.68. The van der Waals surface area contributed by atoms with Crippen LogP contribution >= 0.6 is 0 Å². The number of aliphatic hydroxyl groups excluding tert-OH is 3. The second kappa shape index (κ2) is 4.96. The van der Waals surface area contributed by atoms with Crippen molar-refractivity contribution in [1.82, 2.24) is 9.78 Å². The molecule has 0 aliphatic heterocycles. The largest absolute Gasteiger partial charge is 0.396 e. The van der Waals surface area contributed by atoms with E-state index in [0.29, 0.717) is 18.7 Å². The van der Waals surface area contributed by atoms with Gasteiger partial charge < -0.3 is 15.3 Å². The Morgan fingerprint density at radius 1 is 1.23 bits per heavy atom. The van der Waals surface area contributed by atoms with Crippen LogP contribution < -0.4 is 0 Å². The molecule has 1 aromatic rings. The maximum absolute atomic E-state index is 8.81. The SMILES string of the molecule is OCCc1cc(CO)nn1CCO. The summed E-state index contributed by atoms with van der Waals surface area (Å²) in [5, 5.41) is 30.3. The van der Waals surface area contributed by atoms with Crippen molar-refractivity contribution in [1.29, 1.82) is 0 Å². The molecule has 5 heteroatoms. The summed E-state index contributed by atoms with van der Waals surface area (Å²) in [5.74, 6) is 0. The van der Waals surface area contributed by atoms with Crippen LogP contribution in [0.25, 0.3) is 0 Å². The highest BCUT2D eigenvalue weighted by Gasteiger charge is 2.05. The summed E-state index contributed by atoms with van der Waals surface area (Å²) < 4.78 is 1.60. The van der Waals surface area contributed by atoms with E-state index in [4.69, 9.17) is 15.3 Å². The van der Waals surface area contributed by atoms with Crippen LogP contribution in [0.15, 0.2) is 6.07 Å². The van der Waals surface area contributed by atoms with Gasteiger partial charge in [-0.15, -0.1) is 0 Å². The Bertz CT molecular complexity index is 236. The molecule has 1 heterocycles. The quantitative estimate of drug-likeness (QED) is 0.545. The maximum atomic E-state index is 8.81. The van der Waals surface area contributed by atoms with E-state index in [9.17, 15) is 0 Å². The first-order chi connectivity index (χ1) is 6.31. The molecule has 0 atom stereocenters. The summed E-state index contributed by atoms with van der Waals surface area (Å²) >= 11 is 0. The van der Waals surface area contributed by atoms with Gasteiger partial charge in [0.15, 0.2) is 0 Å². The van der Waals surface area contributed by atoms with Gasteiger partial charge >= 0.3 is 0 Å². The van der Waals surface area contributed by atoms with Gasteiger partial charge in [0.1, 0.15) is 0 Å². The van der Waals surface area contributed by atoms with Crippen molar-refractivity contribution in [2.24, 2.45) is 0 Å². The van der Waals surface area contributed by atoms with Crippen LogP contribution in [0, 0.1) is 0 Å². The Morgan fingerprint density at radius 3 is 2.54 bits per heavy atom. The van der Waals surface area contributed by atoms with Crippen LogP contribution in [-0.2, 0) is 19.6 Å². The van der Waals surface area contributed by atoms with Crippen LogP contribution in [0.1, 0.15) is 11.4 Å². The molecular weight excluding hydrogens is 172 g/mol. The second-order valence-electron chi connectivity index (χ2n) is 2.71. The fourth-order valence-electron chi connectivity index (χ4n) is 1.20. The predicted octanol–water partition coefficient (Wildman–Crippen LogP) is -1.10. The Labute approximate surface area is 76.2 Å². The summed E-state index contributed by atoms with van der Waals surface area (Å²) in [7, 11) is 0. The number of rotatable bonds is 5. The summed E-state index contributed by atoms with van der Waals surface area (Å²) in [6, 6.07) is 1.73. The van der Waals surface area contributed by atoms with Gasteiger partial charge in [0.25, 0.3) is 0 Å². The van der Waals surface area contributed by atoms with Crippen molar-refractivity contribution in [3.8, 4) is 0 Å². The average Bonchev–Trinajstić information content (AvgIpc) is 2.50. The first-order valence-electron chi connectivity index (χ1n) is 4.20. The van der Waals surface area contributed by atoms with E-state index in [1.54, 1.807) is 10.7 Å². The van der Waals surface area contributed by atoms with E-state index >= 15 is 0 Å². The Morgan fingerprint density at radius 2 is 2.00 bits per heavy atom. The fourth-order valence-corrected chi connectivity index (χ4v) is 1.20. The first kappa shape index (κ1) is 10.2. The van der Waals surface area contributed by atoms with Gasteiger partial charge in [0, 0.05) is 18.7 Å². The molecular formula is C8H14N2O3. The minimum atomic E-state index is -0.114. The van der Waals surface area contributed by atoms with Crippen molar-refractivity contribution in [3.63, 3.8) is 0 Å². The third-order valence-corrected chi connectivity index (χ3v) is 1.76. The zero-order valence-electron chi connectivity index (χ0n) is 7.35. The van der Waals surface area contributed by atoms with Crippen LogP contribution in [0.5, 0.6) is 0 Å². The smallest absolute Gasteiger partial charge is 0.0881 e. The molecule has 0 saturated carbocycles. The maximum Gasteiger partial charge on any atom is 0.0881 e. The molecule has 0 unspecified atom stereocenters. The molecule has 0 saturated heterocycles. The van der Waals surface area contributed by atoms with E-state index in [1.807, 2.05) is 0 Å². The number of hydrogen-bond donors (Lipinski definition) is 3. The van der Waals surface area contributed by atoms with E-state index in [-0.39, 0.29) is 19.8 Å². The van der Waals surface area contributed by atoms with E-state index in [1.165, 1.54) is 0 Å². The highest BCUT2D eigenvalue weighted by Crippen LogP contribution is 2.05. The Kier molecular flexibility index (Phi) is 3.88. The molecule has 0 fully saturated rings. The number of nitrogens with zero attached hydrogens (tertiary/aromatic N) is 2. The van der Waals surface area contributed by atoms with E-state index in [2.05, 4.69) is 5.10 Å². The van der Waals surface area contributed by atoms with Gasteiger partial charge in [-0.05, 0) is 6.07 Å². The van der Waals surface area contributed by atoms with Gasteiger partial charge in [-0.25, -0.2) is 0 Å². The van der Waals surface area contributed by atoms with Gasteiger partial charge in [0.2, 0.25) is 0 Å². The van der Waals surface area contributed by atoms with Crippen molar-refractivity contribution in [2.75, 3.05) is 13.2 Å². The predicted molar refractivity (Wildman–Crippen MR) is 46.0 cm³/mol. The van der Waals surface area contributed by atoms with Crippen molar-refractivity contribution >= 4 is 0 Å². The summed E-state index contributed by atoms with van der Waals surface area (Å²) in [5.41, 5.74) is 1.40. The summed E-state index contributed by atoms with van der Waals surface area (Å²) in [4.78, 5) is 0. The third-order valence-electron chi connectivity index (χ3n) is 1.76. The molecule has 5 nitrogen and oxygen atoms in total. The first-order valence-corrected chi connectivity index (χ1v) is 4.20. The Balaban J connectivity index is 2.79. The molecule has 1 rings (SSSR count). The molecule has 0 aliphatic carbocycles. The molecule has 13 heavy (non-hydrogen) atoms. The van der Waals surface area contributed by atoms with Crippen LogP contribution in [0.4, 0.5) is 0 Å². The van der Waals surface area contributed by atoms with Crippen molar-refractivity contribution in [2.45, 2.75) is 19.6 Å². The highest BCUT2D eigenvalue weighted by molar-refractivity contribution is 5.09. The lowest BCUT2D eigenvalue weighted by Crippen LogP contribution is -2.09. The van der Waals surface area contributed by atoms with Crippen LogP contribution in [0.2, 0.25) is 0 Å². The number of aliphatic hydroxyl groups is 3. The van der Waals surface area contributed by atoms with Gasteiger partial charge in [-0.1, -0.05) is 0 Å². The third kappa shape index (κ3) is 2.51. The normalized spacial score (nSPS) is 10.7. The molecule has 3 N–H and O–H groups in total. The lowest BCUT2D eigenvalue weighted by atomic mass is 10.3. The fraction of sp³-hybridized carbons (Fsp3) is 0.625. The van der Waals surface area contributed by atoms with Crippen molar-refractivity contribution < 1.29 is 15.3 Å². The second-order valence-corrected chi connectivity index (χ2v) is 2.71. The van der Waals surface area contributed by atoms with Crippen molar-refractivity contribution in [3.05, 3.63) is 17.5 Å². The lowest BCUT2D eigenvalue weighted by Gasteiger charge is -2.02. The minimum Gasteiger partial charge on any atom is -0.396 e. The Hall–Kier alpha value is -0.910. The minimum absolute atomic E-state index is 0.00494. The number of hydrogen-bond acceptors (Lipinski definition) is 4. The highest BCUT2D eigenvalue weighted by atomic mass is 16.3. The van der Waals surface area contributed by atoms with Crippen LogP contribution in [-0.4, -0.2) is 38.3 Å². The van der Waals surface area contributed by atoms with Gasteiger partial charge in [0.05, 0.1) is 25.5 Å². The standard InChI is InChI=1S/C8H14N2O3/c11-3-1-8-5-7(6-13)9-10(8)2-4-12/h5,11-13H,1-4,6H2. The topological polar surface area (TPSA) is 78.5 Å². The zero-order valence-corrected chi connectivity index (χ0v) is 7.35. The summed E-state index contributed by atoms with van der Waals surface area (Å²) in [6.07, 6.45) is 0.493. The average molecular weight is 186 g/mol. The van der Waals surface area contributed by atoms with Crippen LogP contribution in [0.3, 0.4) is 0 Å². The van der Waals surface area contributed by atoms with Gasteiger partial charge in [-0.3, -0.25) is 4.68 Å². The molecule has 0 aromatic carbocycles. The van der Waals surface area contributed by atoms with E-state index in [0.717, 1.165) is 5.69 Å². The molecule has 0 amide bonds. The molecule has 1 aromatic heterocycles. The molecule has 0 radical (unpaired) electrons. The lowest BCUT2D eigenvalue weighted by molar-refractivity contribution is 0.256. The molecule has 74 valence electrons. The van der Waals surface area contributed by atoms with E-state index < -0.39 is 0 Å². The molecule has 0 aliphatic rings. The molecule has 0 bridgehead atoms. The molecule has 0 spiro atoms. The van der Waals surface area contributed by atoms with Gasteiger partial charge in [-0.2, -0.15) is 5.10 Å². The number of aromatic nitrogens is 2. The summed E-state index contributed by atoms with van der Waals surface area (Å²) in [6.45, 7) is 0.332. The monoisotopic (exact) mass is 186 g/mol.